The predicted octanol–water partition coefficient (Wildman–Crippen LogP) is 0.391. The molecule has 10 nitrogen and oxygen atoms in total. The molecule has 12 heteroatoms. The minimum absolute atomic E-state index is 0.107. The van der Waals surface area contributed by atoms with Crippen molar-refractivity contribution in [2.24, 2.45) is 5.16 Å². The molecule has 0 spiro atoms. The van der Waals surface area contributed by atoms with E-state index in [-0.39, 0.29) is 28.8 Å². The summed E-state index contributed by atoms with van der Waals surface area (Å²) in [5.74, 6) is -2.02. The van der Waals surface area contributed by atoms with E-state index in [0.29, 0.717) is 11.3 Å². The Morgan fingerprint density at radius 3 is 2.93 bits per heavy atom. The van der Waals surface area contributed by atoms with Crippen LogP contribution in [0.15, 0.2) is 34.5 Å². The SMILES string of the molecule is C=CC1=C(C(=O)O)N2C(=O)[C@@H](NC(=O)C(=NOCC)c3csc(N)n3)[C@H]2SC1. The first-order valence-electron chi connectivity index (χ1n) is 8.14. The van der Waals surface area contributed by atoms with Crippen LogP contribution in [-0.4, -0.2) is 62.3 Å². The molecule has 28 heavy (non-hydrogen) atoms. The van der Waals surface area contributed by atoms with Gasteiger partial charge in [0.05, 0.1) is 0 Å². The number of anilines is 1. The molecule has 0 aromatic carbocycles. The van der Waals surface area contributed by atoms with Crippen LogP contribution in [0.3, 0.4) is 0 Å². The van der Waals surface area contributed by atoms with Gasteiger partial charge in [0.15, 0.2) is 10.8 Å². The van der Waals surface area contributed by atoms with Crippen molar-refractivity contribution in [3.05, 3.63) is 35.0 Å². The van der Waals surface area contributed by atoms with Crippen LogP contribution in [0.2, 0.25) is 0 Å². The summed E-state index contributed by atoms with van der Waals surface area (Å²) in [5, 5.41) is 17.1. The number of nitrogens with two attached hydrogens (primary N) is 1. The molecule has 1 fully saturated rings. The highest BCUT2D eigenvalue weighted by Gasteiger charge is 2.54. The number of nitrogen functional groups attached to an aromatic ring is 1. The molecule has 0 radical (unpaired) electrons. The lowest BCUT2D eigenvalue weighted by molar-refractivity contribution is -0.150. The van der Waals surface area contributed by atoms with Gasteiger partial charge in [0, 0.05) is 11.1 Å². The Labute approximate surface area is 168 Å². The Morgan fingerprint density at radius 1 is 1.61 bits per heavy atom. The standard InChI is InChI=1S/C16H17N5O5S2/c1-3-7-5-27-14-10(13(23)21(14)11(7)15(24)25)19-12(22)9(20-26-4-2)8-6-28-16(17)18-8/h3,6,10,14H,1,4-5H2,2H3,(H2,17,18)(H,19,22)(H,24,25)/t10-,14-/m1/s1. The number of carbonyl (C=O) groups is 3. The molecule has 0 unspecified atom stereocenters. The lowest BCUT2D eigenvalue weighted by atomic mass is 10.0. The number of amides is 2. The van der Waals surface area contributed by atoms with Crippen molar-refractivity contribution in [3.63, 3.8) is 0 Å². The topological polar surface area (TPSA) is 147 Å². The van der Waals surface area contributed by atoms with Crippen LogP contribution in [0.25, 0.3) is 0 Å². The number of hydrogen-bond acceptors (Lipinski definition) is 9. The number of carbonyl (C=O) groups excluding carboxylic acids is 2. The molecule has 3 rings (SSSR count). The highest BCUT2D eigenvalue weighted by Crippen LogP contribution is 2.40. The third kappa shape index (κ3) is 3.47. The van der Waals surface area contributed by atoms with Crippen molar-refractivity contribution in [3.8, 4) is 0 Å². The van der Waals surface area contributed by atoms with Gasteiger partial charge in [0.1, 0.15) is 29.4 Å². The second-order valence-electron chi connectivity index (χ2n) is 5.67. The van der Waals surface area contributed by atoms with Gasteiger partial charge in [-0.1, -0.05) is 17.8 Å². The number of carboxylic acids is 1. The summed E-state index contributed by atoms with van der Waals surface area (Å²) >= 11 is 2.48. The van der Waals surface area contributed by atoms with Crippen molar-refractivity contribution in [1.29, 1.82) is 0 Å². The van der Waals surface area contributed by atoms with Crippen LogP contribution >= 0.6 is 23.1 Å². The molecule has 1 aromatic rings. The van der Waals surface area contributed by atoms with Gasteiger partial charge in [-0.2, -0.15) is 0 Å². The van der Waals surface area contributed by atoms with Crippen LogP contribution in [0.4, 0.5) is 5.13 Å². The van der Waals surface area contributed by atoms with E-state index in [1.54, 1.807) is 12.3 Å². The summed E-state index contributed by atoms with van der Waals surface area (Å²) in [6.45, 7) is 5.54. The smallest absolute Gasteiger partial charge is 0.352 e. The summed E-state index contributed by atoms with van der Waals surface area (Å²) in [7, 11) is 0. The van der Waals surface area contributed by atoms with Crippen molar-refractivity contribution >= 4 is 51.7 Å². The molecule has 0 aliphatic carbocycles. The number of nitrogens with zero attached hydrogens (tertiary/aromatic N) is 3. The van der Waals surface area contributed by atoms with Gasteiger partial charge in [0.2, 0.25) is 0 Å². The first kappa shape index (κ1) is 19.9. The van der Waals surface area contributed by atoms with Gasteiger partial charge >= 0.3 is 5.97 Å². The number of nitrogens with one attached hydrogen (secondary N) is 1. The second kappa shape index (κ2) is 8.02. The Hall–Kier alpha value is -2.86. The zero-order valence-corrected chi connectivity index (χ0v) is 16.4. The zero-order chi connectivity index (χ0) is 20.4. The Morgan fingerprint density at radius 2 is 2.36 bits per heavy atom. The maximum atomic E-state index is 12.7. The van der Waals surface area contributed by atoms with E-state index in [2.05, 4.69) is 22.0 Å². The molecule has 0 saturated carbocycles. The van der Waals surface area contributed by atoms with Crippen LogP contribution in [0.1, 0.15) is 12.6 Å². The number of aliphatic carboxylic acids is 1. The van der Waals surface area contributed by atoms with E-state index in [4.69, 9.17) is 10.6 Å². The van der Waals surface area contributed by atoms with Crippen LogP contribution < -0.4 is 11.1 Å². The summed E-state index contributed by atoms with van der Waals surface area (Å²) in [6, 6.07) is -0.888. The Balaban J connectivity index is 1.80. The normalized spacial score (nSPS) is 21.7. The number of thiazole rings is 1. The highest BCUT2D eigenvalue weighted by atomic mass is 32.2. The molecule has 1 saturated heterocycles. The van der Waals surface area contributed by atoms with Crippen LogP contribution in [-0.2, 0) is 19.2 Å². The first-order chi connectivity index (χ1) is 13.4. The lowest BCUT2D eigenvalue weighted by Crippen LogP contribution is -2.71. The quantitative estimate of drug-likeness (QED) is 0.324. The minimum Gasteiger partial charge on any atom is -0.477 e. The van der Waals surface area contributed by atoms with E-state index < -0.39 is 29.2 Å². The summed E-state index contributed by atoms with van der Waals surface area (Å²) < 4.78 is 0. The van der Waals surface area contributed by atoms with Gasteiger partial charge in [-0.3, -0.25) is 14.5 Å². The third-order valence-corrected chi connectivity index (χ3v) is 5.97. The Bertz CT molecular complexity index is 909. The lowest BCUT2D eigenvalue weighted by Gasteiger charge is -2.49. The number of hydrogen-bond donors (Lipinski definition) is 3. The number of aromatic nitrogens is 1. The largest absolute Gasteiger partial charge is 0.477 e. The number of rotatable bonds is 7. The molecule has 2 atom stereocenters. The van der Waals surface area contributed by atoms with Crippen molar-refractivity contribution < 1.29 is 24.3 Å². The zero-order valence-electron chi connectivity index (χ0n) is 14.7. The molecule has 4 N–H and O–H groups in total. The maximum absolute atomic E-state index is 12.7. The predicted molar refractivity (Wildman–Crippen MR) is 105 cm³/mol. The van der Waals surface area contributed by atoms with E-state index in [0.717, 1.165) is 11.3 Å². The number of oxime groups is 1. The molecular formula is C16H17N5O5S2. The fourth-order valence-electron chi connectivity index (χ4n) is 2.74. The van der Waals surface area contributed by atoms with E-state index in [1.807, 2.05) is 0 Å². The van der Waals surface area contributed by atoms with Crippen LogP contribution in [0.5, 0.6) is 0 Å². The van der Waals surface area contributed by atoms with Gasteiger partial charge in [-0.25, -0.2) is 9.78 Å². The van der Waals surface area contributed by atoms with E-state index >= 15 is 0 Å². The van der Waals surface area contributed by atoms with Crippen molar-refractivity contribution in [2.75, 3.05) is 18.1 Å². The van der Waals surface area contributed by atoms with E-state index in [9.17, 15) is 19.5 Å². The number of carboxylic acid groups (broad SMARTS) is 1. The molecule has 0 bridgehead atoms. The average molecular weight is 423 g/mol. The summed E-state index contributed by atoms with van der Waals surface area (Å²) in [4.78, 5) is 47.0. The Kier molecular flexibility index (Phi) is 5.70. The number of allylic oxidation sites excluding steroid dienone is 1. The summed E-state index contributed by atoms with van der Waals surface area (Å²) in [6.07, 6.45) is 1.42. The van der Waals surface area contributed by atoms with Gasteiger partial charge in [-0.05, 0) is 12.5 Å². The van der Waals surface area contributed by atoms with Gasteiger partial charge < -0.3 is 21.0 Å². The molecular weight excluding hydrogens is 406 g/mol. The third-order valence-electron chi connectivity index (χ3n) is 4.00. The fraction of sp³-hybridized carbons (Fsp3) is 0.312. The monoisotopic (exact) mass is 423 g/mol. The number of β-lactam (4-membered cyclic amide) rings is 1. The second-order valence-corrected chi connectivity index (χ2v) is 7.67. The maximum Gasteiger partial charge on any atom is 0.352 e. The van der Waals surface area contributed by atoms with Gasteiger partial charge in [-0.15, -0.1) is 23.1 Å². The van der Waals surface area contributed by atoms with Crippen molar-refractivity contribution in [1.82, 2.24) is 15.2 Å². The van der Waals surface area contributed by atoms with Crippen molar-refractivity contribution in [2.45, 2.75) is 18.3 Å². The first-order valence-corrected chi connectivity index (χ1v) is 10.1. The molecule has 2 aliphatic heterocycles. The fourth-order valence-corrected chi connectivity index (χ4v) is 4.63. The molecule has 2 aliphatic rings. The van der Waals surface area contributed by atoms with Crippen LogP contribution in [0, 0.1) is 0 Å². The number of fused-ring (bicyclic) bond motifs is 1. The average Bonchev–Trinajstić information content (AvgIpc) is 3.10. The highest BCUT2D eigenvalue weighted by molar-refractivity contribution is 8.00. The summed E-state index contributed by atoms with van der Waals surface area (Å²) in [5.41, 5.74) is 6.09. The molecule has 148 valence electrons. The molecule has 2 amide bonds. The number of thioether (sulfide) groups is 1. The molecule has 1 aromatic heterocycles. The minimum atomic E-state index is -1.21. The van der Waals surface area contributed by atoms with E-state index in [1.165, 1.54) is 22.7 Å². The molecule has 3 heterocycles. The van der Waals surface area contributed by atoms with Gasteiger partial charge in [0.25, 0.3) is 11.8 Å².